The first-order chi connectivity index (χ1) is 15.0. The summed E-state index contributed by atoms with van der Waals surface area (Å²) in [7, 11) is -1.14. The monoisotopic (exact) mass is 478 g/mol. The Morgan fingerprint density at radius 1 is 1.22 bits per heavy atom. The molecule has 1 unspecified atom stereocenters. The van der Waals surface area contributed by atoms with Crippen LogP contribution in [0.15, 0.2) is 29.4 Å². The largest absolute Gasteiger partial charge is 0.338 e. The summed E-state index contributed by atoms with van der Waals surface area (Å²) in [6, 6.07) is 8.12. The number of hydrogen-bond acceptors (Lipinski definition) is 6. The number of carbonyl (C=O) groups is 1. The lowest BCUT2D eigenvalue weighted by Crippen LogP contribution is -2.42. The highest BCUT2D eigenvalue weighted by molar-refractivity contribution is 7.99. The maximum Gasteiger partial charge on any atom is 0.233 e. The fraction of sp³-hybridized carbons (Fsp3) is 0.609. The Balaban J connectivity index is 1.68. The highest BCUT2D eigenvalue weighted by Gasteiger charge is 2.34. The lowest BCUT2D eigenvalue weighted by atomic mass is 9.87. The minimum Gasteiger partial charge on any atom is -0.338 e. The Labute approximate surface area is 195 Å². The summed E-state index contributed by atoms with van der Waals surface area (Å²) in [6.45, 7) is 9.21. The van der Waals surface area contributed by atoms with Gasteiger partial charge in [-0.3, -0.25) is 4.79 Å². The third kappa shape index (κ3) is 5.92. The van der Waals surface area contributed by atoms with Crippen LogP contribution in [0.1, 0.15) is 52.5 Å². The van der Waals surface area contributed by atoms with Crippen molar-refractivity contribution in [3.63, 3.8) is 0 Å². The summed E-state index contributed by atoms with van der Waals surface area (Å²) in [5.74, 6) is 1.18. The number of carbonyl (C=O) groups excluding carboxylic acids is 1. The minimum absolute atomic E-state index is 0.0374. The molecule has 7 nitrogen and oxygen atoms in total. The Hall–Kier alpha value is -1.87. The van der Waals surface area contributed by atoms with Crippen LogP contribution < -0.4 is 0 Å². The Kier molecular flexibility index (Phi) is 7.70. The summed E-state index contributed by atoms with van der Waals surface area (Å²) in [5, 5.41) is 9.29. The van der Waals surface area contributed by atoms with Crippen LogP contribution in [0.25, 0.3) is 11.4 Å². The summed E-state index contributed by atoms with van der Waals surface area (Å²) >= 11 is 1.35. The van der Waals surface area contributed by atoms with Gasteiger partial charge in [-0.15, -0.1) is 10.2 Å². The molecule has 1 aliphatic heterocycles. The zero-order valence-electron chi connectivity index (χ0n) is 19.7. The quantitative estimate of drug-likeness (QED) is 0.538. The molecule has 3 rings (SSSR count). The number of unbranched alkanes of at least 4 members (excludes halogenated alkanes) is 1. The van der Waals surface area contributed by atoms with Crippen molar-refractivity contribution in [2.75, 3.05) is 23.8 Å². The van der Waals surface area contributed by atoms with Crippen LogP contribution in [-0.4, -0.2) is 63.8 Å². The summed E-state index contributed by atoms with van der Waals surface area (Å²) in [5.41, 5.74) is 2.32. The molecule has 1 atom stereocenters. The lowest BCUT2D eigenvalue weighted by molar-refractivity contribution is -0.130. The fourth-order valence-electron chi connectivity index (χ4n) is 3.88. The first-order valence-electron chi connectivity index (χ1n) is 11.1. The highest BCUT2D eigenvalue weighted by atomic mass is 32.2. The van der Waals surface area contributed by atoms with E-state index in [4.69, 9.17) is 0 Å². The maximum absolute atomic E-state index is 13.0. The number of hydrogen-bond donors (Lipinski definition) is 0. The Bertz CT molecular complexity index is 1040. The topological polar surface area (TPSA) is 85.2 Å². The minimum atomic E-state index is -3.04. The van der Waals surface area contributed by atoms with Crippen LogP contribution in [0.2, 0.25) is 0 Å². The molecule has 1 aromatic heterocycles. The van der Waals surface area contributed by atoms with E-state index in [9.17, 15) is 13.2 Å². The molecule has 0 saturated carbocycles. The molecule has 1 aliphatic rings. The SMILES string of the molecule is CCCCN(C(=O)CSc1nnc(-c2ccc(C(C)(C)C)cc2)n1C)C1CCS(=O)(=O)C1. The van der Waals surface area contributed by atoms with Crippen LogP contribution in [0.3, 0.4) is 0 Å². The molecule has 0 radical (unpaired) electrons. The van der Waals surface area contributed by atoms with Gasteiger partial charge in [0.2, 0.25) is 5.91 Å². The fourth-order valence-corrected chi connectivity index (χ4v) is 6.41. The van der Waals surface area contributed by atoms with Crippen molar-refractivity contribution in [3.8, 4) is 11.4 Å². The van der Waals surface area contributed by atoms with Gasteiger partial charge in [0, 0.05) is 25.2 Å². The highest BCUT2D eigenvalue weighted by Crippen LogP contribution is 2.27. The molecule has 0 aliphatic carbocycles. The Morgan fingerprint density at radius 2 is 1.91 bits per heavy atom. The number of benzene rings is 1. The second-order valence-electron chi connectivity index (χ2n) is 9.48. The van der Waals surface area contributed by atoms with Gasteiger partial charge in [0.25, 0.3) is 0 Å². The average Bonchev–Trinajstić information content (AvgIpc) is 3.28. The number of thioether (sulfide) groups is 1. The van der Waals surface area contributed by atoms with Crippen molar-refractivity contribution < 1.29 is 13.2 Å². The molecule has 176 valence electrons. The van der Waals surface area contributed by atoms with Gasteiger partial charge in [0.1, 0.15) is 0 Å². The number of amides is 1. The predicted octanol–water partition coefficient (Wildman–Crippen LogP) is 3.69. The number of aromatic nitrogens is 3. The van der Waals surface area contributed by atoms with E-state index in [2.05, 4.69) is 62.2 Å². The van der Waals surface area contributed by atoms with Crippen LogP contribution in [0.4, 0.5) is 0 Å². The molecular weight excluding hydrogens is 444 g/mol. The van der Waals surface area contributed by atoms with E-state index in [1.807, 2.05) is 11.6 Å². The van der Waals surface area contributed by atoms with E-state index in [-0.39, 0.29) is 34.6 Å². The van der Waals surface area contributed by atoms with Crippen molar-refractivity contribution in [1.82, 2.24) is 19.7 Å². The second-order valence-corrected chi connectivity index (χ2v) is 12.6. The van der Waals surface area contributed by atoms with Crippen molar-refractivity contribution >= 4 is 27.5 Å². The van der Waals surface area contributed by atoms with Gasteiger partial charge in [-0.2, -0.15) is 0 Å². The zero-order valence-corrected chi connectivity index (χ0v) is 21.3. The van der Waals surface area contributed by atoms with Crippen LogP contribution >= 0.6 is 11.8 Å². The number of rotatable bonds is 8. The van der Waals surface area contributed by atoms with E-state index >= 15 is 0 Å². The second kappa shape index (κ2) is 9.95. The maximum atomic E-state index is 13.0. The normalized spacial score (nSPS) is 18.1. The van der Waals surface area contributed by atoms with Crippen molar-refractivity contribution in [2.45, 2.75) is 63.6 Å². The average molecular weight is 479 g/mol. The number of nitrogens with zero attached hydrogens (tertiary/aromatic N) is 4. The van der Waals surface area contributed by atoms with Gasteiger partial charge < -0.3 is 9.47 Å². The van der Waals surface area contributed by atoms with Gasteiger partial charge in [-0.05, 0) is 23.8 Å². The summed E-state index contributed by atoms with van der Waals surface area (Å²) < 4.78 is 25.7. The van der Waals surface area contributed by atoms with Gasteiger partial charge in [0.05, 0.1) is 17.3 Å². The molecule has 0 spiro atoms. The lowest BCUT2D eigenvalue weighted by Gasteiger charge is -2.28. The van der Waals surface area contributed by atoms with E-state index in [0.717, 1.165) is 24.2 Å². The molecule has 0 bridgehead atoms. The van der Waals surface area contributed by atoms with Crippen molar-refractivity contribution in [2.24, 2.45) is 7.05 Å². The summed E-state index contributed by atoms with van der Waals surface area (Å²) in [4.78, 5) is 14.8. The van der Waals surface area contributed by atoms with Crippen molar-refractivity contribution in [3.05, 3.63) is 29.8 Å². The molecule has 9 heteroatoms. The van der Waals surface area contributed by atoms with Gasteiger partial charge >= 0.3 is 0 Å². The zero-order chi connectivity index (χ0) is 23.5. The number of sulfone groups is 1. The molecule has 0 N–H and O–H groups in total. The first kappa shape index (κ1) is 24.8. The smallest absolute Gasteiger partial charge is 0.233 e. The molecule has 2 heterocycles. The van der Waals surface area contributed by atoms with E-state index in [1.165, 1.54) is 17.3 Å². The van der Waals surface area contributed by atoms with Gasteiger partial charge in [0.15, 0.2) is 20.8 Å². The molecule has 1 amide bonds. The van der Waals surface area contributed by atoms with Crippen LogP contribution in [0, 0.1) is 0 Å². The Morgan fingerprint density at radius 3 is 2.47 bits per heavy atom. The molecule has 32 heavy (non-hydrogen) atoms. The molecule has 1 fully saturated rings. The van der Waals surface area contributed by atoms with Gasteiger partial charge in [-0.25, -0.2) is 8.42 Å². The standard InChI is InChI=1S/C23H34N4O3S2/c1-6-7-13-27(19-12-14-32(29,30)16-19)20(28)15-31-22-25-24-21(26(22)5)17-8-10-18(11-9-17)23(2,3)4/h8-11,19H,6-7,12-16H2,1-5H3. The molecule has 1 aromatic carbocycles. The molecular formula is C23H34N4O3S2. The predicted molar refractivity (Wildman–Crippen MR) is 130 cm³/mol. The van der Waals surface area contributed by atoms with Gasteiger partial charge in [-0.1, -0.05) is 70.1 Å². The third-order valence-electron chi connectivity index (χ3n) is 5.89. The van der Waals surface area contributed by atoms with E-state index < -0.39 is 9.84 Å². The van der Waals surface area contributed by atoms with E-state index in [1.54, 1.807) is 4.90 Å². The van der Waals surface area contributed by atoms with Crippen molar-refractivity contribution in [1.29, 1.82) is 0 Å². The van der Waals surface area contributed by atoms with E-state index in [0.29, 0.717) is 18.1 Å². The van der Waals surface area contributed by atoms with Crippen LogP contribution in [-0.2, 0) is 27.1 Å². The first-order valence-corrected chi connectivity index (χ1v) is 14.0. The van der Waals surface area contributed by atoms with Crippen LogP contribution in [0.5, 0.6) is 0 Å². The molecule has 2 aromatic rings. The summed E-state index contributed by atoms with van der Waals surface area (Å²) in [6.07, 6.45) is 2.35. The molecule has 1 saturated heterocycles. The third-order valence-corrected chi connectivity index (χ3v) is 8.65.